The predicted octanol–water partition coefficient (Wildman–Crippen LogP) is 5.06. The van der Waals surface area contributed by atoms with E-state index in [0.29, 0.717) is 0 Å². The molecular weight excluding hydrogens is 382 g/mol. The summed E-state index contributed by atoms with van der Waals surface area (Å²) < 4.78 is 0. The minimum absolute atomic E-state index is 0.726. The number of benzene rings is 2. The zero-order valence-electron chi connectivity index (χ0n) is 16.1. The first-order valence-corrected chi connectivity index (χ1v) is 10.0. The number of H-pyrrole nitrogens is 1. The van der Waals surface area contributed by atoms with Crippen molar-refractivity contribution in [3.05, 3.63) is 82.5 Å². The Morgan fingerprint density at radius 2 is 1.66 bits per heavy atom. The van der Waals surface area contributed by atoms with Gasteiger partial charge in [-0.05, 0) is 31.2 Å². The van der Waals surface area contributed by atoms with E-state index in [0.717, 1.165) is 52.9 Å². The zero-order chi connectivity index (χ0) is 19.8. The van der Waals surface area contributed by atoms with Gasteiger partial charge < -0.3 is 4.90 Å². The summed E-state index contributed by atoms with van der Waals surface area (Å²) in [5, 5.41) is 17.4. The lowest BCUT2D eigenvalue weighted by Crippen LogP contribution is -2.31. The van der Waals surface area contributed by atoms with Crippen molar-refractivity contribution in [2.24, 2.45) is 0 Å². The molecule has 0 saturated heterocycles. The van der Waals surface area contributed by atoms with Crippen LogP contribution >= 0.6 is 11.6 Å². The lowest BCUT2D eigenvalue weighted by atomic mass is 10.0. The highest BCUT2D eigenvalue weighted by molar-refractivity contribution is 6.30. The number of aryl methyl sites for hydroxylation is 1. The molecule has 0 bridgehead atoms. The summed E-state index contributed by atoms with van der Waals surface area (Å²) in [6.45, 7) is 3.72. The van der Waals surface area contributed by atoms with Crippen molar-refractivity contribution < 1.29 is 0 Å². The summed E-state index contributed by atoms with van der Waals surface area (Å²) in [6.07, 6.45) is 0.900. The number of fused-ring (bicyclic) bond motifs is 1. The van der Waals surface area contributed by atoms with Crippen LogP contribution in [0.2, 0.25) is 5.02 Å². The van der Waals surface area contributed by atoms with Crippen LogP contribution in [0, 0.1) is 6.92 Å². The molecule has 29 heavy (non-hydrogen) atoms. The number of hydrogen-bond acceptors (Lipinski definition) is 4. The van der Waals surface area contributed by atoms with Gasteiger partial charge in [0.25, 0.3) is 0 Å². The van der Waals surface area contributed by atoms with Crippen molar-refractivity contribution in [3.63, 3.8) is 0 Å². The van der Waals surface area contributed by atoms with E-state index in [1.807, 2.05) is 30.3 Å². The van der Waals surface area contributed by atoms with E-state index in [-0.39, 0.29) is 0 Å². The van der Waals surface area contributed by atoms with Gasteiger partial charge >= 0.3 is 0 Å². The van der Waals surface area contributed by atoms with Crippen LogP contribution in [0.3, 0.4) is 0 Å². The highest BCUT2D eigenvalue weighted by atomic mass is 35.5. The Hall–Kier alpha value is -3.18. The van der Waals surface area contributed by atoms with Crippen molar-refractivity contribution in [1.29, 1.82) is 0 Å². The molecular formula is C23H20ClN5. The average Bonchev–Trinajstić information content (AvgIpc) is 3.18. The van der Waals surface area contributed by atoms with Gasteiger partial charge in [-0.15, -0.1) is 10.2 Å². The molecule has 5 rings (SSSR count). The number of aromatic amines is 1. The maximum Gasteiger partial charge on any atom is 0.151 e. The molecule has 0 radical (unpaired) electrons. The molecule has 2 aromatic heterocycles. The monoisotopic (exact) mass is 401 g/mol. The average molecular weight is 402 g/mol. The number of nitrogens with one attached hydrogen (secondary N) is 1. The smallest absolute Gasteiger partial charge is 0.151 e. The first-order chi connectivity index (χ1) is 14.2. The van der Waals surface area contributed by atoms with Gasteiger partial charge in [-0.1, -0.05) is 53.6 Å². The largest absolute Gasteiger partial charge is 0.350 e. The number of aromatic nitrogens is 4. The Kier molecular flexibility index (Phi) is 4.52. The number of hydrogen-bond donors (Lipinski definition) is 1. The Bertz CT molecular complexity index is 1130. The third-order valence-electron chi connectivity index (χ3n) is 5.37. The fraction of sp³-hybridized carbons (Fsp3) is 0.174. The van der Waals surface area contributed by atoms with Crippen LogP contribution in [0.25, 0.3) is 22.5 Å². The van der Waals surface area contributed by atoms with E-state index in [1.165, 1.54) is 16.8 Å². The second kappa shape index (κ2) is 7.33. The van der Waals surface area contributed by atoms with Gasteiger partial charge in [-0.2, -0.15) is 5.10 Å². The molecule has 0 fully saturated rings. The van der Waals surface area contributed by atoms with Crippen molar-refractivity contribution in [2.45, 2.75) is 19.9 Å². The van der Waals surface area contributed by atoms with Crippen LogP contribution in [0.1, 0.15) is 16.8 Å². The molecule has 5 nitrogen and oxygen atoms in total. The van der Waals surface area contributed by atoms with Crippen LogP contribution in [-0.2, 0) is 13.0 Å². The van der Waals surface area contributed by atoms with Crippen molar-refractivity contribution >= 4 is 17.4 Å². The van der Waals surface area contributed by atoms with E-state index < -0.39 is 0 Å². The van der Waals surface area contributed by atoms with E-state index in [4.69, 9.17) is 11.6 Å². The molecule has 1 N–H and O–H groups in total. The summed E-state index contributed by atoms with van der Waals surface area (Å²) in [5.74, 6) is 0.884. The summed E-state index contributed by atoms with van der Waals surface area (Å²) in [6, 6.07) is 20.2. The molecule has 0 saturated carbocycles. The van der Waals surface area contributed by atoms with E-state index in [1.54, 1.807) is 0 Å². The highest BCUT2D eigenvalue weighted by Gasteiger charge is 2.24. The molecule has 0 atom stereocenters. The normalized spacial score (nSPS) is 13.4. The molecule has 0 aliphatic carbocycles. The second-order valence-corrected chi connectivity index (χ2v) is 7.79. The zero-order valence-corrected chi connectivity index (χ0v) is 16.8. The summed E-state index contributed by atoms with van der Waals surface area (Å²) >= 11 is 6.03. The Morgan fingerprint density at radius 1 is 0.897 bits per heavy atom. The first-order valence-electron chi connectivity index (χ1n) is 9.65. The second-order valence-electron chi connectivity index (χ2n) is 7.35. The minimum atomic E-state index is 0.726. The van der Waals surface area contributed by atoms with Gasteiger partial charge in [0.05, 0.1) is 11.4 Å². The molecule has 144 valence electrons. The van der Waals surface area contributed by atoms with Gasteiger partial charge in [-0.3, -0.25) is 5.10 Å². The van der Waals surface area contributed by atoms with Crippen LogP contribution in [0.4, 0.5) is 5.82 Å². The number of rotatable bonds is 3. The SMILES string of the molecule is Cc1ccc(-c2ccc(N3CCc4[nH]nc(-c5ccc(Cl)cc5)c4C3)nn2)cc1. The molecule has 0 unspecified atom stereocenters. The van der Waals surface area contributed by atoms with Gasteiger partial charge in [0.2, 0.25) is 0 Å². The molecule has 2 aromatic carbocycles. The van der Waals surface area contributed by atoms with Crippen molar-refractivity contribution in [1.82, 2.24) is 20.4 Å². The van der Waals surface area contributed by atoms with Crippen LogP contribution in [0.15, 0.2) is 60.7 Å². The molecule has 6 heteroatoms. The Morgan fingerprint density at radius 3 is 2.38 bits per heavy atom. The molecule has 3 heterocycles. The Labute approximate surface area is 174 Å². The van der Waals surface area contributed by atoms with E-state index >= 15 is 0 Å². The van der Waals surface area contributed by atoms with Crippen molar-refractivity contribution in [2.75, 3.05) is 11.4 Å². The van der Waals surface area contributed by atoms with Crippen LogP contribution in [0.5, 0.6) is 0 Å². The van der Waals surface area contributed by atoms with Crippen LogP contribution in [-0.4, -0.2) is 26.9 Å². The fourth-order valence-corrected chi connectivity index (χ4v) is 3.84. The molecule has 0 spiro atoms. The van der Waals surface area contributed by atoms with Gasteiger partial charge in [-0.25, -0.2) is 0 Å². The highest BCUT2D eigenvalue weighted by Crippen LogP contribution is 2.31. The third kappa shape index (κ3) is 3.49. The summed E-state index contributed by atoms with van der Waals surface area (Å²) in [4.78, 5) is 2.25. The van der Waals surface area contributed by atoms with E-state index in [2.05, 4.69) is 62.6 Å². The lowest BCUT2D eigenvalue weighted by Gasteiger charge is -2.27. The quantitative estimate of drug-likeness (QED) is 0.521. The number of halogens is 1. The Balaban J connectivity index is 1.40. The number of nitrogens with zero attached hydrogens (tertiary/aromatic N) is 4. The maximum atomic E-state index is 6.03. The topological polar surface area (TPSA) is 57.7 Å². The third-order valence-corrected chi connectivity index (χ3v) is 5.62. The van der Waals surface area contributed by atoms with Gasteiger partial charge in [0, 0.05) is 46.9 Å². The molecule has 0 amide bonds. The molecule has 1 aliphatic rings. The fourth-order valence-electron chi connectivity index (χ4n) is 3.71. The van der Waals surface area contributed by atoms with E-state index in [9.17, 15) is 0 Å². The molecule has 1 aliphatic heterocycles. The first kappa shape index (κ1) is 17.9. The minimum Gasteiger partial charge on any atom is -0.350 e. The van der Waals surface area contributed by atoms with Crippen molar-refractivity contribution in [3.8, 4) is 22.5 Å². The summed E-state index contributed by atoms with van der Waals surface area (Å²) in [5.41, 5.74) is 7.64. The number of anilines is 1. The standard InChI is InChI=1S/C23H20ClN5/c1-15-2-4-16(5-3-15)20-10-11-22(27-25-20)29-13-12-21-19(14-29)23(28-26-21)17-6-8-18(24)9-7-17/h2-11H,12-14H2,1H3,(H,26,28). The lowest BCUT2D eigenvalue weighted by molar-refractivity contribution is 0.704. The summed E-state index contributed by atoms with van der Waals surface area (Å²) in [7, 11) is 0. The molecule has 4 aromatic rings. The van der Waals surface area contributed by atoms with Gasteiger partial charge in [0.15, 0.2) is 5.82 Å². The maximum absolute atomic E-state index is 6.03. The predicted molar refractivity (Wildman–Crippen MR) is 116 cm³/mol. The van der Waals surface area contributed by atoms with Crippen LogP contribution < -0.4 is 4.90 Å². The van der Waals surface area contributed by atoms with Gasteiger partial charge in [0.1, 0.15) is 0 Å².